The molecule has 2 nitrogen and oxygen atoms in total. The first-order chi connectivity index (χ1) is 5.95. The van der Waals surface area contributed by atoms with E-state index in [1.54, 1.807) is 11.3 Å². The van der Waals surface area contributed by atoms with Gasteiger partial charge in [-0.2, -0.15) is 0 Å². The third-order valence-electron chi connectivity index (χ3n) is 1.92. The van der Waals surface area contributed by atoms with Crippen LogP contribution in [0.4, 0.5) is 0 Å². The van der Waals surface area contributed by atoms with Crippen LogP contribution in [0.5, 0.6) is 0 Å². The van der Waals surface area contributed by atoms with Crippen molar-refractivity contribution in [1.82, 2.24) is 4.98 Å². The van der Waals surface area contributed by atoms with E-state index in [1.807, 2.05) is 6.07 Å². The molecule has 0 aliphatic carbocycles. The summed E-state index contributed by atoms with van der Waals surface area (Å²) in [4.78, 5) is 4.16. The zero-order chi connectivity index (χ0) is 7.97. The third kappa shape index (κ3) is 0.662. The topological polar surface area (TPSA) is 26.0 Å². The molecule has 12 heavy (non-hydrogen) atoms. The Hall–Kier alpha value is -1.35. The number of fused-ring (bicyclic) bond motifs is 3. The van der Waals surface area contributed by atoms with Crippen molar-refractivity contribution in [2.45, 2.75) is 0 Å². The molecule has 0 radical (unpaired) electrons. The average Bonchev–Trinajstić information content (AvgIpc) is 2.71. The van der Waals surface area contributed by atoms with E-state index in [-0.39, 0.29) is 0 Å². The number of aromatic nitrogens is 1. The fourth-order valence-electron chi connectivity index (χ4n) is 1.35. The maximum absolute atomic E-state index is 5.19. The fraction of sp³-hybridized carbons (Fsp3) is 0. The van der Waals surface area contributed by atoms with Crippen molar-refractivity contribution in [1.29, 1.82) is 0 Å². The van der Waals surface area contributed by atoms with Crippen LogP contribution < -0.4 is 0 Å². The molecule has 0 saturated heterocycles. The van der Waals surface area contributed by atoms with Crippen molar-refractivity contribution in [2.75, 3.05) is 0 Å². The molecular formula is C9H5NOS. The SMILES string of the molecule is c1nc2c(ccc3ccsc32)o1. The number of nitrogens with zero attached hydrogens (tertiary/aromatic N) is 1. The summed E-state index contributed by atoms with van der Waals surface area (Å²) in [5.41, 5.74) is 1.84. The van der Waals surface area contributed by atoms with Gasteiger partial charge in [-0.1, -0.05) is 0 Å². The molecule has 0 amide bonds. The lowest BCUT2D eigenvalue weighted by atomic mass is 10.2. The molecule has 3 aromatic rings. The molecule has 58 valence electrons. The van der Waals surface area contributed by atoms with Crippen LogP contribution in [0.25, 0.3) is 21.2 Å². The van der Waals surface area contributed by atoms with E-state index in [9.17, 15) is 0 Å². The van der Waals surface area contributed by atoms with E-state index in [0.717, 1.165) is 11.1 Å². The van der Waals surface area contributed by atoms with Crippen LogP contribution in [-0.2, 0) is 0 Å². The molecule has 0 saturated carbocycles. The van der Waals surface area contributed by atoms with E-state index in [1.165, 1.54) is 16.5 Å². The van der Waals surface area contributed by atoms with Crippen LogP contribution in [0, 0.1) is 0 Å². The van der Waals surface area contributed by atoms with Gasteiger partial charge in [-0.3, -0.25) is 0 Å². The summed E-state index contributed by atoms with van der Waals surface area (Å²) in [6, 6.07) is 6.10. The van der Waals surface area contributed by atoms with E-state index in [2.05, 4.69) is 22.5 Å². The monoisotopic (exact) mass is 175 g/mol. The molecule has 0 aliphatic rings. The molecule has 3 rings (SSSR count). The molecule has 0 fully saturated rings. The molecule has 1 aromatic carbocycles. The molecule has 0 bridgehead atoms. The Balaban J connectivity index is 2.71. The van der Waals surface area contributed by atoms with E-state index >= 15 is 0 Å². The second-order valence-electron chi connectivity index (χ2n) is 2.60. The lowest BCUT2D eigenvalue weighted by Gasteiger charge is -1.87. The summed E-state index contributed by atoms with van der Waals surface area (Å²) in [5.74, 6) is 0. The first kappa shape index (κ1) is 6.20. The van der Waals surface area contributed by atoms with Crippen molar-refractivity contribution in [3.8, 4) is 0 Å². The Kier molecular flexibility index (Phi) is 1.07. The number of thiophene rings is 1. The van der Waals surface area contributed by atoms with Crippen molar-refractivity contribution in [3.63, 3.8) is 0 Å². The van der Waals surface area contributed by atoms with Gasteiger partial charge in [0.15, 0.2) is 12.0 Å². The van der Waals surface area contributed by atoms with Gasteiger partial charge in [-0.05, 0) is 29.0 Å². The minimum Gasteiger partial charge on any atom is -0.443 e. The summed E-state index contributed by atoms with van der Waals surface area (Å²) >= 11 is 1.70. The standard InChI is InChI=1S/C9H5NOS/c1-2-7-8(10-5-11-7)9-6(1)3-4-12-9/h1-5H. The highest BCUT2D eigenvalue weighted by molar-refractivity contribution is 7.18. The van der Waals surface area contributed by atoms with Crippen LogP contribution in [-0.4, -0.2) is 4.98 Å². The van der Waals surface area contributed by atoms with E-state index in [0.29, 0.717) is 0 Å². The van der Waals surface area contributed by atoms with Gasteiger partial charge >= 0.3 is 0 Å². The van der Waals surface area contributed by atoms with Crippen molar-refractivity contribution in [3.05, 3.63) is 30.0 Å². The first-order valence-corrected chi connectivity index (χ1v) is 4.52. The number of rotatable bonds is 0. The van der Waals surface area contributed by atoms with Gasteiger partial charge in [0.25, 0.3) is 0 Å². The van der Waals surface area contributed by atoms with Crippen LogP contribution in [0.3, 0.4) is 0 Å². The predicted octanol–water partition coefficient (Wildman–Crippen LogP) is 3.04. The van der Waals surface area contributed by atoms with E-state index < -0.39 is 0 Å². The van der Waals surface area contributed by atoms with Crippen molar-refractivity contribution in [2.24, 2.45) is 0 Å². The van der Waals surface area contributed by atoms with Gasteiger partial charge in [0.2, 0.25) is 0 Å². The van der Waals surface area contributed by atoms with Crippen LogP contribution in [0.1, 0.15) is 0 Å². The Bertz CT molecular complexity index is 488. The zero-order valence-electron chi connectivity index (χ0n) is 6.15. The Morgan fingerprint density at radius 3 is 3.25 bits per heavy atom. The predicted molar refractivity (Wildman–Crippen MR) is 49.4 cm³/mol. The Morgan fingerprint density at radius 1 is 1.25 bits per heavy atom. The average molecular weight is 175 g/mol. The smallest absolute Gasteiger partial charge is 0.182 e. The Labute approximate surface area is 72.4 Å². The summed E-state index contributed by atoms with van der Waals surface area (Å²) < 4.78 is 6.40. The van der Waals surface area contributed by atoms with Gasteiger partial charge in [0.1, 0.15) is 5.52 Å². The van der Waals surface area contributed by atoms with Crippen LogP contribution in [0.15, 0.2) is 34.4 Å². The first-order valence-electron chi connectivity index (χ1n) is 3.64. The summed E-state index contributed by atoms with van der Waals surface area (Å²) in [6.07, 6.45) is 1.49. The zero-order valence-corrected chi connectivity index (χ0v) is 6.97. The quantitative estimate of drug-likeness (QED) is 0.525. The van der Waals surface area contributed by atoms with Crippen LogP contribution in [0.2, 0.25) is 0 Å². The molecule has 2 heterocycles. The maximum Gasteiger partial charge on any atom is 0.182 e. The van der Waals surface area contributed by atoms with E-state index in [4.69, 9.17) is 4.42 Å². The number of benzene rings is 1. The van der Waals surface area contributed by atoms with Gasteiger partial charge in [0.05, 0.1) is 4.70 Å². The number of hydrogen-bond acceptors (Lipinski definition) is 3. The lowest BCUT2D eigenvalue weighted by Crippen LogP contribution is -1.66. The Morgan fingerprint density at radius 2 is 2.25 bits per heavy atom. The second-order valence-corrected chi connectivity index (χ2v) is 3.52. The molecule has 0 spiro atoms. The number of oxazole rings is 1. The highest BCUT2D eigenvalue weighted by Gasteiger charge is 2.03. The fourth-order valence-corrected chi connectivity index (χ4v) is 2.24. The summed E-state index contributed by atoms with van der Waals surface area (Å²) in [7, 11) is 0. The van der Waals surface area contributed by atoms with Gasteiger partial charge < -0.3 is 4.42 Å². The van der Waals surface area contributed by atoms with Gasteiger partial charge in [0, 0.05) is 0 Å². The highest BCUT2D eigenvalue weighted by atomic mass is 32.1. The molecule has 0 aliphatic heterocycles. The van der Waals surface area contributed by atoms with Crippen molar-refractivity contribution < 1.29 is 4.42 Å². The molecular weight excluding hydrogens is 170 g/mol. The summed E-state index contributed by atoms with van der Waals surface area (Å²) in [5, 5.41) is 3.31. The third-order valence-corrected chi connectivity index (χ3v) is 2.86. The lowest BCUT2D eigenvalue weighted by molar-refractivity contribution is 0.602. The largest absolute Gasteiger partial charge is 0.443 e. The minimum atomic E-state index is 0.866. The normalized spacial score (nSPS) is 11.3. The maximum atomic E-state index is 5.19. The second kappa shape index (κ2) is 2.08. The minimum absolute atomic E-state index is 0.866. The molecule has 0 unspecified atom stereocenters. The number of hydrogen-bond donors (Lipinski definition) is 0. The molecule has 0 N–H and O–H groups in total. The summed E-state index contributed by atoms with van der Waals surface area (Å²) in [6.45, 7) is 0. The molecule has 3 heteroatoms. The van der Waals surface area contributed by atoms with Crippen LogP contribution >= 0.6 is 11.3 Å². The molecule has 2 aromatic heterocycles. The van der Waals surface area contributed by atoms with Crippen molar-refractivity contribution >= 4 is 32.5 Å². The van der Waals surface area contributed by atoms with Gasteiger partial charge in [-0.25, -0.2) is 4.98 Å². The molecule has 0 atom stereocenters. The highest BCUT2D eigenvalue weighted by Crippen LogP contribution is 2.28. The van der Waals surface area contributed by atoms with Gasteiger partial charge in [-0.15, -0.1) is 11.3 Å².